The molecule has 1 fully saturated rings. The van der Waals surface area contributed by atoms with Crippen LogP contribution in [-0.4, -0.2) is 27.2 Å². The summed E-state index contributed by atoms with van der Waals surface area (Å²) in [5, 5.41) is 0.344. The van der Waals surface area contributed by atoms with Gasteiger partial charge in [-0.1, -0.05) is 0 Å². The van der Waals surface area contributed by atoms with Crippen molar-refractivity contribution in [3.05, 3.63) is 0 Å². The molecular weight excluding hydrogens is 195 g/mol. The van der Waals surface area contributed by atoms with Gasteiger partial charge in [-0.3, -0.25) is 0 Å². The fourth-order valence-electron chi connectivity index (χ4n) is 0.0757. The van der Waals surface area contributed by atoms with Crippen LogP contribution in [0.4, 0.5) is 0 Å². The minimum absolute atomic E-state index is 0.344. The molecule has 0 bridgehead atoms. The van der Waals surface area contributed by atoms with Crippen molar-refractivity contribution in [2.75, 3.05) is 0 Å². The van der Waals surface area contributed by atoms with Gasteiger partial charge >= 0.3 is 45.6 Å². The molecule has 1 rings (SSSR count). The zero-order valence-electron chi connectivity index (χ0n) is 2.22. The van der Waals surface area contributed by atoms with Crippen LogP contribution < -0.4 is 0 Å². The van der Waals surface area contributed by atoms with Gasteiger partial charge < -0.3 is 0 Å². The van der Waals surface area contributed by atoms with Crippen molar-refractivity contribution >= 4 is 39.4 Å². The normalized spacial score (nSPS) is 18.8. The van der Waals surface area contributed by atoms with Gasteiger partial charge in [0.1, 0.15) is 0 Å². The monoisotopic (exact) mass is 196 g/mol. The molecule has 1 aliphatic heterocycles. The average Bonchev–Trinajstić information content (AvgIpc) is 1.30. The molecule has 1 aliphatic rings. The molecule has 0 spiro atoms. The van der Waals surface area contributed by atoms with Crippen LogP contribution in [0, 0.1) is 0 Å². The average molecular weight is 195 g/mol. The first kappa shape index (κ1) is 3.67. The third kappa shape index (κ3) is 0.660. The van der Waals surface area contributed by atoms with Crippen LogP contribution in [0.3, 0.4) is 0 Å². The van der Waals surface area contributed by atoms with Crippen LogP contribution in [0.1, 0.15) is 0 Å². The Balaban J connectivity index is 2.32. The molecule has 0 saturated carbocycles. The van der Waals surface area contributed by atoms with Crippen LogP contribution in [0.5, 0.6) is 0 Å². The first-order valence-electron chi connectivity index (χ1n) is 1.02. The van der Waals surface area contributed by atoms with Crippen molar-refractivity contribution in [1.29, 1.82) is 0 Å². The van der Waals surface area contributed by atoms with Gasteiger partial charge in [0.2, 0.25) is 0 Å². The summed E-state index contributed by atoms with van der Waals surface area (Å²) in [5.41, 5.74) is 0. The van der Waals surface area contributed by atoms with Crippen molar-refractivity contribution < 1.29 is 6.15 Å². The third-order valence-electron chi connectivity index (χ3n) is 0.250. The van der Waals surface area contributed by atoms with E-state index in [-0.39, 0.29) is 0 Å². The van der Waals surface area contributed by atoms with E-state index in [1.807, 2.05) is 0 Å². The first-order valence-corrected chi connectivity index (χ1v) is 3.76. The Kier molecular flexibility index (Phi) is 0.953. The molecule has 0 aromatic carbocycles. The van der Waals surface area contributed by atoms with Gasteiger partial charge in [-0.2, -0.15) is 0 Å². The number of rotatable bonds is 0. The van der Waals surface area contributed by atoms with Crippen molar-refractivity contribution in [1.82, 2.24) is 0 Å². The fourth-order valence-corrected chi connectivity index (χ4v) is 0.964. The number of hydrogen-bond donors (Lipinski definition) is 0. The molecule has 0 aromatic rings. The maximum absolute atomic E-state index is 4.61. The molecular formula is CO2SSn. The third-order valence-corrected chi connectivity index (χ3v) is 2.80. The summed E-state index contributed by atoms with van der Waals surface area (Å²) in [6.07, 6.45) is 0. The quantitative estimate of drug-likeness (QED) is 0.395. The summed E-state index contributed by atoms with van der Waals surface area (Å²) < 4.78 is 9.22. The Labute approximate surface area is 45.8 Å². The summed E-state index contributed by atoms with van der Waals surface area (Å²) in [6.45, 7) is 0. The summed E-state index contributed by atoms with van der Waals surface area (Å²) >= 11 is 3.59. The van der Waals surface area contributed by atoms with Crippen LogP contribution in [0.25, 0.3) is 0 Å². The second kappa shape index (κ2) is 1.30. The predicted molar refractivity (Wildman–Crippen MR) is 20.5 cm³/mol. The van der Waals surface area contributed by atoms with Gasteiger partial charge in [-0.15, -0.1) is 0 Å². The van der Waals surface area contributed by atoms with Crippen molar-refractivity contribution in [2.24, 2.45) is 0 Å². The number of thiocarbonyl (C=S) groups is 1. The maximum atomic E-state index is 4.61. The molecule has 0 aromatic heterocycles. The molecule has 0 N–H and O–H groups in total. The summed E-state index contributed by atoms with van der Waals surface area (Å²) in [5.74, 6) is 0. The molecule has 0 aliphatic carbocycles. The van der Waals surface area contributed by atoms with Crippen LogP contribution in [-0.2, 0) is 6.15 Å². The summed E-state index contributed by atoms with van der Waals surface area (Å²) in [6, 6.07) is 0. The van der Waals surface area contributed by atoms with E-state index < -0.39 is 22.0 Å². The van der Waals surface area contributed by atoms with E-state index in [1.165, 1.54) is 0 Å². The Bertz CT molecular complexity index is 56.7. The van der Waals surface area contributed by atoms with Gasteiger partial charge in [0, 0.05) is 0 Å². The van der Waals surface area contributed by atoms with Crippen molar-refractivity contribution in [3.8, 4) is 0 Å². The van der Waals surface area contributed by atoms with Gasteiger partial charge in [-0.05, 0) is 0 Å². The molecule has 1 saturated heterocycles. The molecule has 2 radical (unpaired) electrons. The van der Waals surface area contributed by atoms with E-state index in [2.05, 4.69) is 18.4 Å². The predicted octanol–water partition coefficient (Wildman–Crippen LogP) is -0.148. The van der Waals surface area contributed by atoms with Gasteiger partial charge in [0.15, 0.2) is 0 Å². The molecule has 26 valence electrons. The van der Waals surface area contributed by atoms with E-state index >= 15 is 0 Å². The Hall–Kier alpha value is 0.489. The SMILES string of the molecule is S=C1[O][Sn][O]1. The standard InChI is InChI=1S/CH2O2S.Sn/c2-1(3)4;/h(H2,2,3,4);/q;+2/p-2. The van der Waals surface area contributed by atoms with Crippen LogP contribution in [0.15, 0.2) is 0 Å². The second-order valence-corrected chi connectivity index (χ2v) is 2.51. The number of hydrogen-bond acceptors (Lipinski definition) is 3. The zero-order valence-corrected chi connectivity index (χ0v) is 5.90. The van der Waals surface area contributed by atoms with E-state index in [9.17, 15) is 0 Å². The Morgan fingerprint density at radius 3 is 2.00 bits per heavy atom. The van der Waals surface area contributed by atoms with Crippen molar-refractivity contribution in [3.63, 3.8) is 0 Å². The Morgan fingerprint density at radius 1 is 1.60 bits per heavy atom. The molecule has 4 heteroatoms. The van der Waals surface area contributed by atoms with E-state index in [0.717, 1.165) is 0 Å². The topological polar surface area (TPSA) is 18.5 Å². The van der Waals surface area contributed by atoms with Crippen molar-refractivity contribution in [2.45, 2.75) is 0 Å². The fraction of sp³-hybridized carbons (Fsp3) is 0. The second-order valence-electron chi connectivity index (χ2n) is 0.537. The molecule has 1 heterocycles. The summed E-state index contributed by atoms with van der Waals surface area (Å²) in [7, 11) is 0. The van der Waals surface area contributed by atoms with Crippen LogP contribution in [0.2, 0.25) is 0 Å². The van der Waals surface area contributed by atoms with E-state index in [4.69, 9.17) is 0 Å². The minimum atomic E-state index is -0.792. The molecule has 0 atom stereocenters. The van der Waals surface area contributed by atoms with E-state index in [1.54, 1.807) is 0 Å². The first-order chi connectivity index (χ1) is 2.39. The zero-order chi connectivity index (χ0) is 3.70. The van der Waals surface area contributed by atoms with Gasteiger partial charge in [-0.25, -0.2) is 0 Å². The Morgan fingerprint density at radius 2 is 2.00 bits per heavy atom. The summed E-state index contributed by atoms with van der Waals surface area (Å²) in [4.78, 5) is 0. The molecule has 0 unspecified atom stereocenters. The van der Waals surface area contributed by atoms with Gasteiger partial charge in [0.25, 0.3) is 0 Å². The molecule has 5 heavy (non-hydrogen) atoms. The molecule has 0 amide bonds. The van der Waals surface area contributed by atoms with E-state index in [0.29, 0.717) is 5.24 Å². The van der Waals surface area contributed by atoms with Crippen LogP contribution >= 0.6 is 12.2 Å². The molecule has 2 nitrogen and oxygen atoms in total. The van der Waals surface area contributed by atoms with Gasteiger partial charge in [0.05, 0.1) is 0 Å².